The van der Waals surface area contributed by atoms with Crippen molar-refractivity contribution < 1.29 is 13.5 Å². The van der Waals surface area contributed by atoms with Crippen LogP contribution in [0, 0.1) is 0 Å². The van der Waals surface area contributed by atoms with Crippen LogP contribution in [0.4, 0.5) is 11.8 Å². The van der Waals surface area contributed by atoms with E-state index in [0.717, 1.165) is 6.42 Å². The lowest BCUT2D eigenvalue weighted by Gasteiger charge is -2.21. The predicted octanol–water partition coefficient (Wildman–Crippen LogP) is 0.758. The monoisotopic (exact) mass is 440 g/mol. The Bertz CT molecular complexity index is 962. The molecule has 0 aliphatic carbocycles. The van der Waals surface area contributed by atoms with Gasteiger partial charge in [0, 0.05) is 32.2 Å². The van der Waals surface area contributed by atoms with Crippen molar-refractivity contribution in [2.24, 2.45) is 0 Å². The molecule has 11 nitrogen and oxygen atoms in total. The SMILES string of the molecule is CCNS(=O)(=O)N1CC[C@H](Nc2nc(N[C@H](CC)[C@H](C)O)nc3c2ncn3CC)C1. The van der Waals surface area contributed by atoms with E-state index >= 15 is 0 Å². The van der Waals surface area contributed by atoms with Gasteiger partial charge in [-0.05, 0) is 26.7 Å². The first-order valence-corrected chi connectivity index (χ1v) is 11.9. The number of fused-ring (bicyclic) bond motifs is 1. The topological polar surface area (TPSA) is 137 Å². The maximum absolute atomic E-state index is 12.3. The fraction of sp³-hybridized carbons (Fsp3) is 0.722. The Kier molecular flexibility index (Phi) is 7.11. The molecule has 0 saturated carbocycles. The van der Waals surface area contributed by atoms with E-state index < -0.39 is 16.3 Å². The van der Waals surface area contributed by atoms with Crippen molar-refractivity contribution in [3.63, 3.8) is 0 Å². The second-order valence-electron chi connectivity index (χ2n) is 7.49. The van der Waals surface area contributed by atoms with Gasteiger partial charge in [0.25, 0.3) is 10.2 Å². The van der Waals surface area contributed by atoms with Crippen LogP contribution in [0.5, 0.6) is 0 Å². The fourth-order valence-electron chi connectivity index (χ4n) is 3.60. The van der Waals surface area contributed by atoms with Crippen LogP contribution >= 0.6 is 0 Å². The summed E-state index contributed by atoms with van der Waals surface area (Å²) >= 11 is 0. The first-order chi connectivity index (χ1) is 14.3. The number of hydrogen-bond donors (Lipinski definition) is 4. The third kappa shape index (κ3) is 4.82. The van der Waals surface area contributed by atoms with E-state index in [1.807, 2.05) is 18.4 Å². The maximum Gasteiger partial charge on any atom is 0.279 e. The van der Waals surface area contributed by atoms with Crippen molar-refractivity contribution >= 4 is 33.1 Å². The van der Waals surface area contributed by atoms with Crippen LogP contribution in [0.25, 0.3) is 11.2 Å². The molecule has 0 spiro atoms. The summed E-state index contributed by atoms with van der Waals surface area (Å²) in [6.07, 6.45) is 2.55. The summed E-state index contributed by atoms with van der Waals surface area (Å²) in [4.78, 5) is 13.7. The Morgan fingerprint density at radius 3 is 2.70 bits per heavy atom. The van der Waals surface area contributed by atoms with Crippen LogP contribution in [-0.2, 0) is 16.8 Å². The van der Waals surface area contributed by atoms with E-state index in [9.17, 15) is 13.5 Å². The highest BCUT2D eigenvalue weighted by Gasteiger charge is 2.31. The number of hydrogen-bond acceptors (Lipinski definition) is 8. The zero-order chi connectivity index (χ0) is 21.9. The van der Waals surface area contributed by atoms with Gasteiger partial charge in [0.2, 0.25) is 5.95 Å². The second kappa shape index (κ2) is 9.41. The van der Waals surface area contributed by atoms with Crippen LogP contribution in [0.3, 0.4) is 0 Å². The van der Waals surface area contributed by atoms with Gasteiger partial charge in [0.05, 0.1) is 18.5 Å². The van der Waals surface area contributed by atoms with Gasteiger partial charge < -0.3 is 20.3 Å². The normalized spacial score (nSPS) is 19.8. The smallest absolute Gasteiger partial charge is 0.279 e. The summed E-state index contributed by atoms with van der Waals surface area (Å²) in [5, 5.41) is 16.5. The van der Waals surface area contributed by atoms with E-state index in [0.29, 0.717) is 55.5 Å². The number of nitrogens with one attached hydrogen (secondary N) is 3. The standard InChI is InChI=1S/C18H32N8O3S/c1-5-14(12(4)27)22-18-23-16(15-17(24-18)25(7-3)11-19-15)21-13-8-9-26(10-13)30(28,29)20-6-2/h11-14,20,27H,5-10H2,1-4H3,(H2,21,22,23,24)/t12-,13-,14+/m0/s1. The summed E-state index contributed by atoms with van der Waals surface area (Å²) in [5.41, 5.74) is 1.33. The summed E-state index contributed by atoms with van der Waals surface area (Å²) in [5.74, 6) is 0.964. The molecule has 3 heterocycles. The predicted molar refractivity (Wildman–Crippen MR) is 117 cm³/mol. The number of imidazole rings is 1. The van der Waals surface area contributed by atoms with E-state index in [-0.39, 0.29) is 12.1 Å². The Balaban J connectivity index is 1.87. The molecule has 0 amide bonds. The van der Waals surface area contributed by atoms with Crippen molar-refractivity contribution in [1.82, 2.24) is 28.5 Å². The Morgan fingerprint density at radius 1 is 1.30 bits per heavy atom. The van der Waals surface area contributed by atoms with Crippen molar-refractivity contribution in [3.8, 4) is 0 Å². The molecule has 12 heteroatoms. The fourth-order valence-corrected chi connectivity index (χ4v) is 4.87. The van der Waals surface area contributed by atoms with Crippen molar-refractivity contribution in [3.05, 3.63) is 6.33 Å². The van der Waals surface area contributed by atoms with Gasteiger partial charge in [0.15, 0.2) is 17.0 Å². The molecule has 1 fully saturated rings. The van der Waals surface area contributed by atoms with Crippen molar-refractivity contribution in [2.75, 3.05) is 30.3 Å². The second-order valence-corrected chi connectivity index (χ2v) is 9.24. The Hall–Kier alpha value is -2.02. The highest BCUT2D eigenvalue weighted by atomic mass is 32.2. The molecule has 0 aromatic carbocycles. The molecule has 3 atom stereocenters. The van der Waals surface area contributed by atoms with E-state index in [4.69, 9.17) is 0 Å². The molecule has 1 saturated heterocycles. The quantitative estimate of drug-likeness (QED) is 0.425. The lowest BCUT2D eigenvalue weighted by molar-refractivity contribution is 0.169. The van der Waals surface area contributed by atoms with E-state index in [1.54, 1.807) is 20.2 Å². The molecule has 0 unspecified atom stereocenters. The number of aliphatic hydroxyl groups is 1. The van der Waals surface area contributed by atoms with Gasteiger partial charge in [0.1, 0.15) is 0 Å². The van der Waals surface area contributed by atoms with Crippen molar-refractivity contribution in [1.29, 1.82) is 0 Å². The molecule has 168 valence electrons. The minimum Gasteiger partial charge on any atom is -0.391 e. The molecule has 0 radical (unpaired) electrons. The Morgan fingerprint density at radius 2 is 2.07 bits per heavy atom. The molecule has 3 rings (SSSR count). The van der Waals surface area contributed by atoms with Gasteiger partial charge in [-0.1, -0.05) is 13.8 Å². The highest BCUT2D eigenvalue weighted by Crippen LogP contribution is 2.25. The van der Waals surface area contributed by atoms with Gasteiger partial charge >= 0.3 is 0 Å². The molecule has 1 aliphatic heterocycles. The number of aromatic nitrogens is 4. The van der Waals surface area contributed by atoms with Crippen LogP contribution in [0.15, 0.2) is 6.33 Å². The largest absolute Gasteiger partial charge is 0.391 e. The molecule has 2 aromatic heterocycles. The minimum atomic E-state index is -3.46. The zero-order valence-electron chi connectivity index (χ0n) is 18.0. The summed E-state index contributed by atoms with van der Waals surface area (Å²) in [6, 6.07) is -0.268. The summed E-state index contributed by atoms with van der Waals surface area (Å²) in [6.45, 7) is 9.33. The minimum absolute atomic E-state index is 0.0881. The van der Waals surface area contributed by atoms with Crippen LogP contribution in [-0.4, -0.2) is 75.2 Å². The first kappa shape index (κ1) is 22.7. The number of aliphatic hydroxyl groups excluding tert-OH is 1. The molecule has 4 N–H and O–H groups in total. The number of anilines is 2. The number of aryl methyl sites for hydroxylation is 1. The van der Waals surface area contributed by atoms with Gasteiger partial charge in [-0.2, -0.15) is 22.7 Å². The third-order valence-electron chi connectivity index (χ3n) is 5.30. The van der Waals surface area contributed by atoms with Crippen molar-refractivity contribution in [2.45, 2.75) is 65.3 Å². The lowest BCUT2D eigenvalue weighted by Crippen LogP contribution is -2.40. The lowest BCUT2D eigenvalue weighted by atomic mass is 10.1. The Labute approximate surface area is 177 Å². The molecule has 30 heavy (non-hydrogen) atoms. The highest BCUT2D eigenvalue weighted by molar-refractivity contribution is 7.87. The molecular formula is C18H32N8O3S. The van der Waals surface area contributed by atoms with Crippen LogP contribution in [0.1, 0.15) is 40.5 Å². The average Bonchev–Trinajstić information content (AvgIpc) is 3.33. The summed E-state index contributed by atoms with van der Waals surface area (Å²) < 4.78 is 30.4. The third-order valence-corrected chi connectivity index (χ3v) is 6.96. The average molecular weight is 441 g/mol. The maximum atomic E-state index is 12.3. The van der Waals surface area contributed by atoms with Gasteiger partial charge in [-0.15, -0.1) is 0 Å². The van der Waals surface area contributed by atoms with E-state index in [2.05, 4.69) is 30.3 Å². The molecule has 1 aliphatic rings. The molecular weight excluding hydrogens is 408 g/mol. The van der Waals surface area contributed by atoms with E-state index in [1.165, 1.54) is 4.31 Å². The first-order valence-electron chi connectivity index (χ1n) is 10.5. The van der Waals surface area contributed by atoms with Gasteiger partial charge in [-0.3, -0.25) is 0 Å². The molecule has 2 aromatic rings. The van der Waals surface area contributed by atoms with Crippen LogP contribution in [0.2, 0.25) is 0 Å². The number of rotatable bonds is 10. The molecule has 0 bridgehead atoms. The number of nitrogens with zero attached hydrogens (tertiary/aromatic N) is 5. The zero-order valence-corrected chi connectivity index (χ0v) is 18.8. The van der Waals surface area contributed by atoms with Crippen LogP contribution < -0.4 is 15.4 Å². The summed E-state index contributed by atoms with van der Waals surface area (Å²) in [7, 11) is -3.46. The van der Waals surface area contributed by atoms with Gasteiger partial charge in [-0.25, -0.2) is 9.71 Å².